The number of carbonyl (C=O) groups is 1. The highest BCUT2D eigenvalue weighted by atomic mass is 16.7. The summed E-state index contributed by atoms with van der Waals surface area (Å²) in [7, 11) is 1.29. The van der Waals surface area contributed by atoms with E-state index in [9.17, 15) is 4.79 Å². The second-order valence-corrected chi connectivity index (χ2v) is 5.02. The lowest BCUT2D eigenvalue weighted by atomic mass is 9.93. The molecule has 2 aromatic heterocycles. The third-order valence-corrected chi connectivity index (χ3v) is 3.62. The number of nitrogens with zero attached hydrogens (tertiary/aromatic N) is 5. The molecule has 1 aliphatic rings. The van der Waals surface area contributed by atoms with Gasteiger partial charge in [0.2, 0.25) is 0 Å². The van der Waals surface area contributed by atoms with Gasteiger partial charge in [0.15, 0.2) is 17.0 Å². The normalized spacial score (nSPS) is 21.0. The lowest BCUT2D eigenvalue weighted by molar-refractivity contribution is 0.0629. The molecule has 0 aliphatic heterocycles. The first kappa shape index (κ1) is 14.2. The number of allylic oxidation sites excluding steroid dienone is 1. The van der Waals surface area contributed by atoms with Crippen molar-refractivity contribution < 1.29 is 14.3 Å². The van der Waals surface area contributed by atoms with Crippen molar-refractivity contribution in [2.24, 2.45) is 5.92 Å². The summed E-state index contributed by atoms with van der Waals surface area (Å²) >= 11 is 0. The van der Waals surface area contributed by atoms with Gasteiger partial charge in [0.25, 0.3) is 0 Å². The van der Waals surface area contributed by atoms with E-state index in [0.717, 1.165) is 12.8 Å². The topological polar surface area (TPSA) is 118 Å². The van der Waals surface area contributed by atoms with Crippen molar-refractivity contribution in [1.82, 2.24) is 25.0 Å². The van der Waals surface area contributed by atoms with E-state index < -0.39 is 6.16 Å². The molecule has 1 aliphatic carbocycles. The van der Waals surface area contributed by atoms with Gasteiger partial charge in [-0.25, -0.2) is 19.4 Å². The Kier molecular flexibility index (Phi) is 3.86. The number of methoxy groups -OCH3 is 1. The molecule has 0 aromatic carbocycles. The van der Waals surface area contributed by atoms with Crippen LogP contribution in [0.1, 0.15) is 18.9 Å². The predicted octanol–water partition coefficient (Wildman–Crippen LogP) is 1.09. The molecule has 2 aromatic rings. The van der Waals surface area contributed by atoms with Crippen LogP contribution in [0, 0.1) is 5.92 Å². The van der Waals surface area contributed by atoms with Crippen LogP contribution in [0.15, 0.2) is 18.5 Å². The minimum Gasteiger partial charge on any atom is -0.438 e. The van der Waals surface area contributed by atoms with Gasteiger partial charge in [-0.2, -0.15) is 0 Å². The van der Waals surface area contributed by atoms with E-state index in [4.69, 9.17) is 10.5 Å². The summed E-state index contributed by atoms with van der Waals surface area (Å²) in [6, 6.07) is 0.0497. The van der Waals surface area contributed by atoms with E-state index in [1.165, 1.54) is 13.4 Å². The van der Waals surface area contributed by atoms with E-state index in [1.54, 1.807) is 4.68 Å². The Morgan fingerprint density at radius 2 is 2.27 bits per heavy atom. The number of fused-ring (bicyclic) bond motifs is 1. The zero-order chi connectivity index (χ0) is 15.5. The fourth-order valence-electron chi connectivity index (χ4n) is 2.44. The monoisotopic (exact) mass is 304 g/mol. The van der Waals surface area contributed by atoms with Gasteiger partial charge in [-0.05, 0) is 12.8 Å². The average molecular weight is 304 g/mol. The van der Waals surface area contributed by atoms with Gasteiger partial charge >= 0.3 is 6.16 Å². The summed E-state index contributed by atoms with van der Waals surface area (Å²) in [6.07, 6.45) is 6.46. The van der Waals surface area contributed by atoms with Crippen molar-refractivity contribution >= 4 is 23.1 Å². The van der Waals surface area contributed by atoms with Gasteiger partial charge < -0.3 is 15.2 Å². The Labute approximate surface area is 126 Å². The molecule has 2 N–H and O–H groups in total. The van der Waals surface area contributed by atoms with E-state index in [0.29, 0.717) is 23.6 Å². The Hall–Kier alpha value is -2.71. The van der Waals surface area contributed by atoms with Crippen molar-refractivity contribution in [2.75, 3.05) is 19.5 Å². The summed E-state index contributed by atoms with van der Waals surface area (Å²) in [5.41, 5.74) is 6.88. The first-order valence-electron chi connectivity index (χ1n) is 6.89. The third kappa shape index (κ3) is 2.69. The molecule has 0 fully saturated rings. The molecule has 0 saturated carbocycles. The molecule has 9 heteroatoms. The summed E-state index contributed by atoms with van der Waals surface area (Å²) in [5.74, 6) is 0.491. The van der Waals surface area contributed by atoms with Crippen molar-refractivity contribution in [1.29, 1.82) is 0 Å². The maximum Gasteiger partial charge on any atom is 0.507 e. The minimum absolute atomic E-state index is 0.0497. The van der Waals surface area contributed by atoms with E-state index in [1.807, 2.05) is 12.2 Å². The Balaban J connectivity index is 1.72. The molecule has 116 valence electrons. The number of aromatic nitrogens is 5. The molecule has 0 bridgehead atoms. The smallest absolute Gasteiger partial charge is 0.438 e. The number of anilines is 1. The van der Waals surface area contributed by atoms with Crippen LogP contribution in [-0.4, -0.2) is 44.8 Å². The van der Waals surface area contributed by atoms with Gasteiger partial charge in [0.05, 0.1) is 13.2 Å². The predicted molar refractivity (Wildman–Crippen MR) is 76.8 cm³/mol. The average Bonchev–Trinajstić information content (AvgIpc) is 2.98. The second-order valence-electron chi connectivity index (χ2n) is 5.02. The summed E-state index contributed by atoms with van der Waals surface area (Å²) < 4.78 is 11.1. The maximum absolute atomic E-state index is 11.0. The Morgan fingerprint density at radius 1 is 1.41 bits per heavy atom. The highest BCUT2D eigenvalue weighted by Crippen LogP contribution is 2.28. The quantitative estimate of drug-likeness (QED) is 0.661. The van der Waals surface area contributed by atoms with Gasteiger partial charge in [-0.1, -0.05) is 17.4 Å². The van der Waals surface area contributed by atoms with Gasteiger partial charge in [0.1, 0.15) is 12.9 Å². The van der Waals surface area contributed by atoms with Gasteiger partial charge in [0, 0.05) is 5.92 Å². The van der Waals surface area contributed by atoms with Crippen molar-refractivity contribution in [3.8, 4) is 0 Å². The van der Waals surface area contributed by atoms with Crippen LogP contribution in [0.5, 0.6) is 0 Å². The number of hydrogen-bond donors (Lipinski definition) is 1. The van der Waals surface area contributed by atoms with Crippen molar-refractivity contribution in [2.45, 2.75) is 18.9 Å². The lowest BCUT2D eigenvalue weighted by Crippen LogP contribution is -2.19. The number of rotatable bonds is 3. The van der Waals surface area contributed by atoms with Crippen LogP contribution in [0.3, 0.4) is 0 Å². The highest BCUT2D eigenvalue weighted by molar-refractivity contribution is 5.80. The summed E-state index contributed by atoms with van der Waals surface area (Å²) in [4.78, 5) is 19.1. The molecule has 0 unspecified atom stereocenters. The zero-order valence-electron chi connectivity index (χ0n) is 12.0. The molecule has 3 rings (SSSR count). The summed E-state index contributed by atoms with van der Waals surface area (Å²) in [5, 5.41) is 8.15. The van der Waals surface area contributed by atoms with Crippen LogP contribution < -0.4 is 5.73 Å². The Morgan fingerprint density at radius 3 is 3.00 bits per heavy atom. The zero-order valence-corrected chi connectivity index (χ0v) is 12.0. The second kappa shape index (κ2) is 5.96. The highest BCUT2D eigenvalue weighted by Gasteiger charge is 2.22. The number of nitrogens with two attached hydrogens (primary N) is 1. The maximum atomic E-state index is 11.0. The summed E-state index contributed by atoms with van der Waals surface area (Å²) in [6.45, 7) is 0.309. The van der Waals surface area contributed by atoms with Crippen molar-refractivity contribution in [3.63, 3.8) is 0 Å². The van der Waals surface area contributed by atoms with Gasteiger partial charge in [-0.3, -0.25) is 0 Å². The van der Waals surface area contributed by atoms with Crippen LogP contribution in [0.25, 0.3) is 11.2 Å². The number of hydrogen-bond acceptors (Lipinski definition) is 8. The lowest BCUT2D eigenvalue weighted by Gasteiger charge is -2.22. The van der Waals surface area contributed by atoms with E-state index in [2.05, 4.69) is 25.0 Å². The van der Waals surface area contributed by atoms with E-state index in [-0.39, 0.29) is 12.0 Å². The SMILES string of the molecule is COC(=O)OC[C@@H]1C=C[C@H](n2nnc3c(N)ncnc32)CC1. The number of nitrogen functional groups attached to an aromatic ring is 1. The largest absolute Gasteiger partial charge is 0.507 e. The minimum atomic E-state index is -0.662. The van der Waals surface area contributed by atoms with Crippen LogP contribution >= 0.6 is 0 Å². The van der Waals surface area contributed by atoms with Crippen molar-refractivity contribution in [3.05, 3.63) is 18.5 Å². The molecule has 9 nitrogen and oxygen atoms in total. The molecule has 22 heavy (non-hydrogen) atoms. The van der Waals surface area contributed by atoms with Crippen LogP contribution in [0.4, 0.5) is 10.6 Å². The molecular formula is C13H16N6O3. The number of carbonyl (C=O) groups excluding carboxylic acids is 1. The molecule has 0 saturated heterocycles. The molecule has 0 radical (unpaired) electrons. The molecule has 2 atom stereocenters. The Bertz CT molecular complexity index is 713. The first-order chi connectivity index (χ1) is 10.7. The van der Waals surface area contributed by atoms with E-state index >= 15 is 0 Å². The fraction of sp³-hybridized carbons (Fsp3) is 0.462. The number of ether oxygens (including phenoxy) is 2. The standard InChI is InChI=1S/C13H16N6O3/c1-21-13(20)22-6-8-2-4-9(5-3-8)19-12-10(17-18-19)11(14)15-7-16-12/h2,4,7-9H,3,5-6H2,1H3,(H2,14,15,16)/t8-,9+/m1/s1. The molecular weight excluding hydrogens is 288 g/mol. The molecule has 0 spiro atoms. The molecule has 0 amide bonds. The van der Waals surface area contributed by atoms with Crippen LogP contribution in [0.2, 0.25) is 0 Å². The van der Waals surface area contributed by atoms with Gasteiger partial charge in [-0.15, -0.1) is 5.10 Å². The fourth-order valence-corrected chi connectivity index (χ4v) is 2.44. The first-order valence-corrected chi connectivity index (χ1v) is 6.89. The van der Waals surface area contributed by atoms with Crippen LogP contribution in [-0.2, 0) is 9.47 Å². The molecule has 2 heterocycles. The third-order valence-electron chi connectivity index (χ3n) is 3.62.